The zero-order valence-electron chi connectivity index (χ0n) is 19.7. The molecule has 3 aliphatic heterocycles. The maximum absolute atomic E-state index is 11.5. The van der Waals surface area contributed by atoms with Crippen molar-refractivity contribution in [1.82, 2.24) is 29.2 Å². The number of hydrogen-bond donors (Lipinski definition) is 1. The van der Waals surface area contributed by atoms with E-state index in [9.17, 15) is 4.79 Å². The number of benzene rings is 1. The Bertz CT molecular complexity index is 1220. The Labute approximate surface area is 198 Å². The fourth-order valence-electron chi connectivity index (χ4n) is 6.06. The molecule has 0 saturated carbocycles. The van der Waals surface area contributed by atoms with E-state index in [0.29, 0.717) is 31.2 Å². The van der Waals surface area contributed by atoms with Crippen LogP contribution in [0.5, 0.6) is 5.75 Å². The Morgan fingerprint density at radius 3 is 2.74 bits per heavy atom. The van der Waals surface area contributed by atoms with Crippen LogP contribution in [0, 0.1) is 0 Å². The molecule has 1 aromatic carbocycles. The van der Waals surface area contributed by atoms with Crippen molar-refractivity contribution < 1.29 is 9.53 Å². The first kappa shape index (κ1) is 21.3. The molecule has 2 bridgehead atoms. The van der Waals surface area contributed by atoms with E-state index in [-0.39, 0.29) is 11.9 Å². The quantitative estimate of drug-likeness (QED) is 0.626. The first-order valence-electron chi connectivity index (χ1n) is 12.3. The fraction of sp³-hybridized carbons (Fsp3) is 0.520. The maximum Gasteiger partial charge on any atom is 0.231 e. The van der Waals surface area contributed by atoms with Crippen LogP contribution in [0.1, 0.15) is 57.1 Å². The maximum atomic E-state index is 11.5. The summed E-state index contributed by atoms with van der Waals surface area (Å²) >= 11 is 0. The van der Waals surface area contributed by atoms with Gasteiger partial charge in [-0.15, -0.1) is 0 Å². The number of piperidine rings is 1. The van der Waals surface area contributed by atoms with E-state index in [0.717, 1.165) is 60.9 Å². The average molecular weight is 462 g/mol. The molecule has 1 amide bonds. The van der Waals surface area contributed by atoms with Crippen molar-refractivity contribution in [3.05, 3.63) is 36.3 Å². The Hall–Kier alpha value is -3.20. The first-order chi connectivity index (χ1) is 16.5. The molecule has 3 aliphatic rings. The molecule has 3 aromatic rings. The summed E-state index contributed by atoms with van der Waals surface area (Å²) in [5.74, 6) is 2.83. The molecule has 3 atom stereocenters. The number of fused-ring (bicyclic) bond motifs is 5. The molecule has 9 heteroatoms. The second kappa shape index (κ2) is 8.23. The lowest BCUT2D eigenvalue weighted by molar-refractivity contribution is -0.120. The van der Waals surface area contributed by atoms with Gasteiger partial charge in [0.05, 0.1) is 18.7 Å². The third-order valence-electron chi connectivity index (χ3n) is 7.60. The summed E-state index contributed by atoms with van der Waals surface area (Å²) in [4.78, 5) is 23.3. The Kier molecular flexibility index (Phi) is 5.17. The average Bonchev–Trinajstić information content (AvgIpc) is 3.47. The van der Waals surface area contributed by atoms with Crippen molar-refractivity contribution in [2.24, 2.45) is 5.73 Å². The van der Waals surface area contributed by atoms with E-state index in [1.54, 1.807) is 6.33 Å². The summed E-state index contributed by atoms with van der Waals surface area (Å²) in [6, 6.07) is 7.69. The number of primary amides is 1. The van der Waals surface area contributed by atoms with Crippen LogP contribution >= 0.6 is 0 Å². The van der Waals surface area contributed by atoms with Crippen molar-refractivity contribution in [3.63, 3.8) is 0 Å². The molecule has 2 fully saturated rings. The molecule has 0 radical (unpaired) electrons. The van der Waals surface area contributed by atoms with E-state index in [4.69, 9.17) is 15.5 Å². The van der Waals surface area contributed by atoms with Crippen LogP contribution in [-0.4, -0.2) is 60.4 Å². The Morgan fingerprint density at radius 1 is 1.21 bits per heavy atom. The predicted octanol–water partition coefficient (Wildman–Crippen LogP) is 2.98. The number of ether oxygens (including phenoxy) is 1. The van der Waals surface area contributed by atoms with Gasteiger partial charge in [-0.3, -0.25) is 9.69 Å². The van der Waals surface area contributed by atoms with Gasteiger partial charge in [0.2, 0.25) is 5.91 Å². The monoisotopic (exact) mass is 461 g/mol. The molecule has 178 valence electrons. The van der Waals surface area contributed by atoms with Crippen molar-refractivity contribution >= 4 is 5.91 Å². The van der Waals surface area contributed by atoms with Crippen LogP contribution < -0.4 is 10.5 Å². The van der Waals surface area contributed by atoms with Gasteiger partial charge in [-0.2, -0.15) is 5.10 Å². The highest BCUT2D eigenvalue weighted by Gasteiger charge is 2.41. The highest BCUT2D eigenvalue weighted by Crippen LogP contribution is 2.44. The van der Waals surface area contributed by atoms with Crippen LogP contribution in [0.25, 0.3) is 22.9 Å². The normalized spacial score (nSPS) is 23.9. The summed E-state index contributed by atoms with van der Waals surface area (Å²) in [5, 5.41) is 4.37. The molecular formula is C25H31N7O2. The third kappa shape index (κ3) is 3.58. The summed E-state index contributed by atoms with van der Waals surface area (Å²) in [5.41, 5.74) is 8.65. The van der Waals surface area contributed by atoms with Crippen molar-refractivity contribution in [3.8, 4) is 28.7 Å². The van der Waals surface area contributed by atoms with Crippen molar-refractivity contribution in [2.45, 2.75) is 70.1 Å². The lowest BCUT2D eigenvalue weighted by Gasteiger charge is -2.38. The minimum atomic E-state index is -0.227. The predicted molar refractivity (Wildman–Crippen MR) is 127 cm³/mol. The number of imidazole rings is 1. The second-order valence-electron chi connectivity index (χ2n) is 10.1. The minimum Gasteiger partial charge on any atom is -0.491 e. The number of rotatable bonds is 5. The molecule has 0 spiro atoms. The van der Waals surface area contributed by atoms with Crippen molar-refractivity contribution in [1.29, 1.82) is 0 Å². The van der Waals surface area contributed by atoms with Gasteiger partial charge in [-0.1, -0.05) is 6.07 Å². The molecule has 34 heavy (non-hydrogen) atoms. The van der Waals surface area contributed by atoms with E-state index >= 15 is 0 Å². The molecular weight excluding hydrogens is 430 g/mol. The SMILES string of the molecule is CC(C)n1ncnc1-c1cn2c(n1)-c1ccc([C@@H]3C[C@H]4CC[C@@H](C3)N4CC(N)=O)cc1OCC2. The third-order valence-corrected chi connectivity index (χ3v) is 7.60. The van der Waals surface area contributed by atoms with Gasteiger partial charge < -0.3 is 15.0 Å². The van der Waals surface area contributed by atoms with Gasteiger partial charge in [0.25, 0.3) is 0 Å². The summed E-state index contributed by atoms with van der Waals surface area (Å²) in [7, 11) is 0. The number of nitrogens with zero attached hydrogens (tertiary/aromatic N) is 6. The van der Waals surface area contributed by atoms with Crippen LogP contribution in [0.3, 0.4) is 0 Å². The van der Waals surface area contributed by atoms with Crippen LogP contribution in [0.15, 0.2) is 30.7 Å². The molecule has 2 N–H and O–H groups in total. The fourth-order valence-corrected chi connectivity index (χ4v) is 6.06. The van der Waals surface area contributed by atoms with Crippen LogP contribution in [0.4, 0.5) is 0 Å². The number of carbonyl (C=O) groups excluding carboxylic acids is 1. The molecule has 9 nitrogen and oxygen atoms in total. The smallest absolute Gasteiger partial charge is 0.231 e. The first-order valence-corrected chi connectivity index (χ1v) is 12.3. The van der Waals surface area contributed by atoms with Crippen LogP contribution in [0.2, 0.25) is 0 Å². The number of aromatic nitrogens is 5. The highest BCUT2D eigenvalue weighted by atomic mass is 16.5. The van der Waals surface area contributed by atoms with Gasteiger partial charge in [0.1, 0.15) is 30.2 Å². The summed E-state index contributed by atoms with van der Waals surface area (Å²) in [6.07, 6.45) is 8.06. The van der Waals surface area contributed by atoms with Gasteiger partial charge >= 0.3 is 0 Å². The zero-order chi connectivity index (χ0) is 23.4. The van der Waals surface area contributed by atoms with Gasteiger partial charge in [0, 0.05) is 24.3 Å². The number of hydrogen-bond acceptors (Lipinski definition) is 6. The molecule has 2 aromatic heterocycles. The topological polar surface area (TPSA) is 104 Å². The summed E-state index contributed by atoms with van der Waals surface area (Å²) < 4.78 is 10.3. The van der Waals surface area contributed by atoms with E-state index in [2.05, 4.69) is 57.8 Å². The highest BCUT2D eigenvalue weighted by molar-refractivity contribution is 5.76. The molecule has 5 heterocycles. The Morgan fingerprint density at radius 2 is 2.00 bits per heavy atom. The minimum absolute atomic E-state index is 0.210. The van der Waals surface area contributed by atoms with Crippen molar-refractivity contribution in [2.75, 3.05) is 13.2 Å². The zero-order valence-corrected chi connectivity index (χ0v) is 19.7. The number of amides is 1. The molecule has 6 rings (SSSR count). The second-order valence-corrected chi connectivity index (χ2v) is 10.1. The van der Waals surface area contributed by atoms with E-state index in [1.165, 1.54) is 5.56 Å². The molecule has 0 unspecified atom stereocenters. The summed E-state index contributed by atoms with van der Waals surface area (Å²) in [6.45, 7) is 5.89. The lowest BCUT2D eigenvalue weighted by Crippen LogP contribution is -2.46. The van der Waals surface area contributed by atoms with E-state index < -0.39 is 0 Å². The standard InChI is InChI=1S/C25H31N7O2/c1-15(2)32-25(27-14-28-32)21-12-30-7-8-34-22-11-16(3-6-20(22)24(30)29-21)17-9-18-4-5-19(10-17)31(18)13-23(26)33/h3,6,11-12,14-15,17-19H,4-5,7-10,13H2,1-2H3,(H2,26,33)/t17-,18-,19+. The number of carbonyl (C=O) groups is 1. The number of nitrogens with two attached hydrogens (primary N) is 1. The van der Waals surface area contributed by atoms with Gasteiger partial charge in [0.15, 0.2) is 5.82 Å². The largest absolute Gasteiger partial charge is 0.491 e. The lowest BCUT2D eigenvalue weighted by atomic mass is 9.84. The molecule has 2 saturated heterocycles. The molecule has 0 aliphatic carbocycles. The van der Waals surface area contributed by atoms with Gasteiger partial charge in [-0.25, -0.2) is 14.6 Å². The van der Waals surface area contributed by atoms with Gasteiger partial charge in [-0.05, 0) is 63.1 Å². The van der Waals surface area contributed by atoms with Crippen LogP contribution in [-0.2, 0) is 11.3 Å². The Balaban J connectivity index is 1.29. The van der Waals surface area contributed by atoms with E-state index in [1.807, 2.05) is 4.68 Å².